The second kappa shape index (κ2) is 8.31. The number of nitrogens with one attached hydrogen (secondary N) is 1. The average Bonchev–Trinajstić information content (AvgIpc) is 3.15. The summed E-state index contributed by atoms with van der Waals surface area (Å²) in [4.78, 5) is 23.4. The molecule has 29 heavy (non-hydrogen) atoms. The second-order valence-corrected chi connectivity index (χ2v) is 7.59. The molecule has 1 N–H and O–H groups in total. The van der Waals surface area contributed by atoms with Gasteiger partial charge in [0, 0.05) is 43.1 Å². The summed E-state index contributed by atoms with van der Waals surface area (Å²) < 4.78 is 5.10. The fraction of sp³-hybridized carbons (Fsp3) is 0.333. The third-order valence-electron chi connectivity index (χ3n) is 5.20. The number of anilines is 1. The Balaban J connectivity index is 1.26. The van der Waals surface area contributed by atoms with Crippen molar-refractivity contribution in [3.8, 4) is 5.75 Å². The molecule has 2 heterocycles. The van der Waals surface area contributed by atoms with Gasteiger partial charge in [-0.1, -0.05) is 28.9 Å². The first kappa shape index (κ1) is 19.5. The van der Waals surface area contributed by atoms with Gasteiger partial charge in [-0.25, -0.2) is 4.79 Å². The highest BCUT2D eigenvalue weighted by Gasteiger charge is 2.43. The van der Waals surface area contributed by atoms with E-state index in [1.807, 2.05) is 24.3 Å². The molecule has 1 saturated heterocycles. The minimum Gasteiger partial charge on any atom is -0.497 e. The number of rotatable bonds is 4. The number of carbonyl (C=O) groups is 1. The molecular formula is C21H22ClN3O4. The second-order valence-electron chi connectivity index (χ2n) is 7.16. The Morgan fingerprint density at radius 3 is 2.48 bits per heavy atom. The molecule has 7 nitrogen and oxygen atoms in total. The molecule has 0 bridgehead atoms. The molecule has 0 saturated carbocycles. The summed E-state index contributed by atoms with van der Waals surface area (Å²) >= 11 is 5.95. The minimum absolute atomic E-state index is 0.332. The lowest BCUT2D eigenvalue weighted by Gasteiger charge is -2.35. The van der Waals surface area contributed by atoms with Crippen molar-refractivity contribution in [2.24, 2.45) is 5.16 Å². The Kier molecular flexibility index (Phi) is 5.60. The van der Waals surface area contributed by atoms with Crippen LogP contribution in [-0.4, -0.2) is 42.7 Å². The predicted octanol–water partition coefficient (Wildman–Crippen LogP) is 4.47. The Morgan fingerprint density at radius 1 is 1.14 bits per heavy atom. The molecule has 2 aliphatic rings. The number of oxime groups is 1. The first-order valence-electron chi connectivity index (χ1n) is 9.44. The van der Waals surface area contributed by atoms with E-state index in [0.29, 0.717) is 23.8 Å². The number of piperidine rings is 1. The zero-order valence-electron chi connectivity index (χ0n) is 16.1. The quantitative estimate of drug-likeness (QED) is 0.797. The Labute approximate surface area is 174 Å². The van der Waals surface area contributed by atoms with Gasteiger partial charge in [-0.15, -0.1) is 5.06 Å². The van der Waals surface area contributed by atoms with Crippen molar-refractivity contribution in [3.05, 3.63) is 59.1 Å². The fourth-order valence-corrected chi connectivity index (χ4v) is 3.63. The van der Waals surface area contributed by atoms with Crippen LogP contribution in [0, 0.1) is 0 Å². The van der Waals surface area contributed by atoms with Gasteiger partial charge in [-0.05, 0) is 42.0 Å². The van der Waals surface area contributed by atoms with Crippen LogP contribution in [-0.2, 0) is 9.68 Å². The highest BCUT2D eigenvalue weighted by Crippen LogP contribution is 2.36. The van der Waals surface area contributed by atoms with Crippen LogP contribution >= 0.6 is 11.6 Å². The molecule has 1 fully saturated rings. The summed E-state index contributed by atoms with van der Waals surface area (Å²) in [5.74, 6) is 0.724. The number of benzene rings is 2. The molecular weight excluding hydrogens is 394 g/mol. The highest BCUT2D eigenvalue weighted by molar-refractivity contribution is 6.30. The molecule has 2 aromatic rings. The molecule has 2 aliphatic heterocycles. The van der Waals surface area contributed by atoms with E-state index in [0.717, 1.165) is 36.3 Å². The SMILES string of the molecule is COc1ccc(NC(=O)ON2CCC3(CC2)CC(c2ccc(Cl)cc2)=NO3)cc1. The van der Waals surface area contributed by atoms with E-state index < -0.39 is 6.09 Å². The number of nitrogens with zero attached hydrogens (tertiary/aromatic N) is 2. The summed E-state index contributed by atoms with van der Waals surface area (Å²) in [5.41, 5.74) is 2.25. The lowest BCUT2D eigenvalue weighted by molar-refractivity contribution is -0.154. The molecule has 0 aromatic heterocycles. The van der Waals surface area contributed by atoms with E-state index in [1.54, 1.807) is 36.4 Å². The van der Waals surface area contributed by atoms with Crippen LogP contribution in [0.3, 0.4) is 0 Å². The van der Waals surface area contributed by atoms with Crippen LogP contribution in [0.15, 0.2) is 53.7 Å². The Bertz CT molecular complexity index is 891. The van der Waals surface area contributed by atoms with Crippen molar-refractivity contribution >= 4 is 29.1 Å². The van der Waals surface area contributed by atoms with E-state index in [2.05, 4.69) is 10.5 Å². The third kappa shape index (κ3) is 4.63. The van der Waals surface area contributed by atoms with Crippen molar-refractivity contribution in [2.75, 3.05) is 25.5 Å². The summed E-state index contributed by atoms with van der Waals surface area (Å²) in [7, 11) is 1.59. The van der Waals surface area contributed by atoms with Gasteiger partial charge in [0.15, 0.2) is 0 Å². The van der Waals surface area contributed by atoms with E-state index in [1.165, 1.54) is 0 Å². The Morgan fingerprint density at radius 2 is 1.83 bits per heavy atom. The van der Waals surface area contributed by atoms with Crippen molar-refractivity contribution in [2.45, 2.75) is 24.9 Å². The fourth-order valence-electron chi connectivity index (χ4n) is 3.50. The van der Waals surface area contributed by atoms with Gasteiger partial charge in [-0.3, -0.25) is 5.32 Å². The van der Waals surface area contributed by atoms with Crippen LogP contribution in [0.25, 0.3) is 0 Å². The maximum atomic E-state index is 12.1. The minimum atomic E-state index is -0.517. The lowest BCUT2D eigenvalue weighted by atomic mass is 9.86. The van der Waals surface area contributed by atoms with Crippen LogP contribution in [0.4, 0.5) is 10.5 Å². The third-order valence-corrected chi connectivity index (χ3v) is 5.45. The highest BCUT2D eigenvalue weighted by atomic mass is 35.5. The zero-order valence-corrected chi connectivity index (χ0v) is 16.8. The standard InChI is InChI=1S/C21H22ClN3O4/c1-27-18-8-6-17(7-9-18)23-20(26)28-25-12-10-21(11-13-25)14-19(24-29-21)15-2-4-16(22)5-3-15/h2-9H,10-14H2,1H3,(H,23,26). The molecule has 4 rings (SSSR count). The van der Waals surface area contributed by atoms with Crippen molar-refractivity contribution in [1.82, 2.24) is 5.06 Å². The molecule has 1 amide bonds. The summed E-state index contributed by atoms with van der Waals surface area (Å²) in [6, 6.07) is 14.7. The van der Waals surface area contributed by atoms with Crippen LogP contribution < -0.4 is 10.1 Å². The predicted molar refractivity (Wildman–Crippen MR) is 110 cm³/mol. The average molecular weight is 416 g/mol. The monoisotopic (exact) mass is 415 g/mol. The molecule has 0 aliphatic carbocycles. The van der Waals surface area contributed by atoms with Crippen LogP contribution in [0.1, 0.15) is 24.8 Å². The molecule has 0 radical (unpaired) electrons. The number of carbonyl (C=O) groups excluding carboxylic acids is 1. The molecule has 152 valence electrons. The smallest absolute Gasteiger partial charge is 0.430 e. The van der Waals surface area contributed by atoms with Gasteiger partial charge in [0.2, 0.25) is 0 Å². The van der Waals surface area contributed by atoms with Gasteiger partial charge in [0.1, 0.15) is 11.4 Å². The van der Waals surface area contributed by atoms with Crippen LogP contribution in [0.5, 0.6) is 5.75 Å². The maximum absolute atomic E-state index is 12.1. The first-order chi connectivity index (χ1) is 14.0. The van der Waals surface area contributed by atoms with Gasteiger partial charge in [0.05, 0.1) is 12.8 Å². The van der Waals surface area contributed by atoms with E-state index in [4.69, 9.17) is 26.0 Å². The number of halogens is 1. The summed E-state index contributed by atoms with van der Waals surface area (Å²) in [5, 5.41) is 9.36. The van der Waals surface area contributed by atoms with E-state index >= 15 is 0 Å². The largest absolute Gasteiger partial charge is 0.497 e. The summed E-state index contributed by atoms with van der Waals surface area (Å²) in [6.45, 7) is 1.17. The van der Waals surface area contributed by atoms with E-state index in [9.17, 15) is 4.79 Å². The van der Waals surface area contributed by atoms with Gasteiger partial charge in [0.25, 0.3) is 0 Å². The molecule has 8 heteroatoms. The van der Waals surface area contributed by atoms with Crippen molar-refractivity contribution < 1.29 is 19.2 Å². The van der Waals surface area contributed by atoms with Gasteiger partial charge < -0.3 is 14.4 Å². The van der Waals surface area contributed by atoms with Gasteiger partial charge >= 0.3 is 6.09 Å². The number of hydrogen-bond donors (Lipinski definition) is 1. The number of methoxy groups -OCH3 is 1. The maximum Gasteiger partial charge on any atom is 0.430 e. The zero-order chi connectivity index (χ0) is 20.3. The lowest BCUT2D eigenvalue weighted by Crippen LogP contribution is -2.45. The number of ether oxygens (including phenoxy) is 1. The molecule has 1 spiro atoms. The van der Waals surface area contributed by atoms with Crippen molar-refractivity contribution in [3.63, 3.8) is 0 Å². The van der Waals surface area contributed by atoms with Crippen molar-refractivity contribution in [1.29, 1.82) is 0 Å². The molecule has 0 unspecified atom stereocenters. The molecule has 2 aromatic carbocycles. The van der Waals surface area contributed by atoms with Crippen LogP contribution in [0.2, 0.25) is 5.02 Å². The van der Waals surface area contributed by atoms with Gasteiger partial charge in [-0.2, -0.15) is 0 Å². The first-order valence-corrected chi connectivity index (χ1v) is 9.82. The summed E-state index contributed by atoms with van der Waals surface area (Å²) in [6.07, 6.45) is 1.67. The topological polar surface area (TPSA) is 72.4 Å². The van der Waals surface area contributed by atoms with E-state index in [-0.39, 0.29) is 5.60 Å². The molecule has 0 atom stereocenters. The Hall–Kier alpha value is -2.77. The normalized spacial score (nSPS) is 18.1. The number of amides is 1. The number of hydrogen-bond acceptors (Lipinski definition) is 6. The number of hydroxylamine groups is 2.